The molecule has 0 aliphatic rings. The third kappa shape index (κ3) is 3.42. The van der Waals surface area contributed by atoms with Gasteiger partial charge in [-0.25, -0.2) is 4.98 Å². The van der Waals surface area contributed by atoms with Crippen molar-refractivity contribution in [2.75, 3.05) is 5.32 Å². The number of fused-ring (bicyclic) bond motifs is 2. The number of aryl methyl sites for hydroxylation is 2. The average molecular weight is 374 g/mol. The van der Waals surface area contributed by atoms with E-state index in [1.807, 2.05) is 19.1 Å². The predicted octanol–water partition coefficient (Wildman–Crippen LogP) is 2.58. The summed E-state index contributed by atoms with van der Waals surface area (Å²) in [5, 5.41) is 4.25. The summed E-state index contributed by atoms with van der Waals surface area (Å²) in [7, 11) is 0. The maximum Gasteiger partial charge on any atom is 0.261 e. The summed E-state index contributed by atoms with van der Waals surface area (Å²) in [6, 6.07) is 14.0. The number of nitrogens with zero attached hydrogens (tertiary/aromatic N) is 2. The second kappa shape index (κ2) is 7.11. The zero-order valence-electron chi connectivity index (χ0n) is 15.2. The number of rotatable bonds is 4. The molecule has 0 bridgehead atoms. The van der Waals surface area contributed by atoms with Crippen molar-refractivity contribution in [3.8, 4) is 0 Å². The summed E-state index contributed by atoms with van der Waals surface area (Å²) in [5.41, 5.74) is 2.41. The molecule has 0 aliphatic heterocycles. The lowest BCUT2D eigenvalue weighted by Crippen LogP contribution is -2.23. The van der Waals surface area contributed by atoms with Crippen LogP contribution in [-0.4, -0.2) is 20.4 Å². The van der Waals surface area contributed by atoms with Crippen LogP contribution in [0.1, 0.15) is 12.0 Å². The van der Waals surface area contributed by atoms with Crippen LogP contribution in [0.2, 0.25) is 0 Å². The Balaban J connectivity index is 1.49. The van der Waals surface area contributed by atoms with Crippen molar-refractivity contribution in [2.24, 2.45) is 0 Å². The monoisotopic (exact) mass is 374 g/mol. The molecule has 1 amide bonds. The number of aromatic amines is 1. The van der Waals surface area contributed by atoms with Gasteiger partial charge in [0, 0.05) is 30.1 Å². The van der Waals surface area contributed by atoms with Gasteiger partial charge in [0.2, 0.25) is 11.5 Å². The minimum atomic E-state index is -0.227. The molecule has 4 aromatic rings. The van der Waals surface area contributed by atoms with E-state index in [4.69, 9.17) is 0 Å². The molecule has 0 atom stereocenters. The van der Waals surface area contributed by atoms with Crippen LogP contribution in [0.15, 0.2) is 64.4 Å². The lowest BCUT2D eigenvalue weighted by molar-refractivity contribution is -0.116. The third-order valence-corrected chi connectivity index (χ3v) is 4.64. The van der Waals surface area contributed by atoms with Crippen molar-refractivity contribution in [3.05, 3.63) is 81.1 Å². The van der Waals surface area contributed by atoms with Crippen molar-refractivity contribution in [1.82, 2.24) is 14.5 Å². The summed E-state index contributed by atoms with van der Waals surface area (Å²) in [4.78, 5) is 43.4. The second-order valence-corrected chi connectivity index (χ2v) is 6.64. The topological polar surface area (TPSA) is 96.8 Å². The zero-order valence-corrected chi connectivity index (χ0v) is 15.2. The maximum atomic E-state index is 12.5. The standard InChI is InChI=1S/C21H18N4O3/c1-13-10-20(27)24-18-11-14(6-7-15(13)18)23-19(26)8-9-25-12-22-17-5-3-2-4-16(17)21(25)28/h2-7,10-12H,8-9H2,1H3,(H,23,26)(H,24,27). The summed E-state index contributed by atoms with van der Waals surface area (Å²) >= 11 is 0. The Morgan fingerprint density at radius 3 is 2.79 bits per heavy atom. The van der Waals surface area contributed by atoms with Gasteiger partial charge in [-0.2, -0.15) is 0 Å². The van der Waals surface area contributed by atoms with Crippen LogP contribution in [0.5, 0.6) is 0 Å². The number of anilines is 1. The van der Waals surface area contributed by atoms with Gasteiger partial charge in [-0.1, -0.05) is 18.2 Å². The van der Waals surface area contributed by atoms with E-state index in [9.17, 15) is 14.4 Å². The second-order valence-electron chi connectivity index (χ2n) is 6.64. The molecule has 2 N–H and O–H groups in total. The summed E-state index contributed by atoms with van der Waals surface area (Å²) < 4.78 is 1.43. The van der Waals surface area contributed by atoms with Gasteiger partial charge in [0.05, 0.1) is 22.7 Å². The van der Waals surface area contributed by atoms with E-state index in [2.05, 4.69) is 15.3 Å². The van der Waals surface area contributed by atoms with Crippen LogP contribution in [0.4, 0.5) is 5.69 Å². The Kier molecular flexibility index (Phi) is 4.49. The van der Waals surface area contributed by atoms with Gasteiger partial charge in [0.25, 0.3) is 5.56 Å². The molecule has 2 aromatic heterocycles. The van der Waals surface area contributed by atoms with Gasteiger partial charge < -0.3 is 10.3 Å². The molecule has 4 rings (SSSR count). The Morgan fingerprint density at radius 2 is 1.93 bits per heavy atom. The van der Waals surface area contributed by atoms with E-state index in [1.165, 1.54) is 17.0 Å². The Bertz CT molecular complexity index is 1320. The number of benzene rings is 2. The Labute approximate surface area is 159 Å². The van der Waals surface area contributed by atoms with Crippen LogP contribution in [-0.2, 0) is 11.3 Å². The highest BCUT2D eigenvalue weighted by Gasteiger charge is 2.08. The summed E-state index contributed by atoms with van der Waals surface area (Å²) in [6.45, 7) is 2.09. The van der Waals surface area contributed by atoms with Crippen molar-refractivity contribution in [1.29, 1.82) is 0 Å². The molecule has 2 aromatic carbocycles. The predicted molar refractivity (Wildman–Crippen MR) is 109 cm³/mol. The molecule has 0 saturated carbocycles. The summed E-state index contributed by atoms with van der Waals surface area (Å²) in [6.07, 6.45) is 1.59. The lowest BCUT2D eigenvalue weighted by atomic mass is 10.1. The molecule has 7 heteroatoms. The Morgan fingerprint density at radius 1 is 1.11 bits per heavy atom. The molecule has 0 fully saturated rings. The third-order valence-electron chi connectivity index (χ3n) is 4.64. The molecular formula is C21H18N4O3. The van der Waals surface area contributed by atoms with Crippen molar-refractivity contribution < 1.29 is 4.79 Å². The quantitative estimate of drug-likeness (QED) is 0.574. The van der Waals surface area contributed by atoms with Crippen molar-refractivity contribution >= 4 is 33.4 Å². The van der Waals surface area contributed by atoms with E-state index >= 15 is 0 Å². The number of H-pyrrole nitrogens is 1. The molecule has 2 heterocycles. The average Bonchev–Trinajstić information content (AvgIpc) is 2.67. The van der Waals surface area contributed by atoms with Gasteiger partial charge >= 0.3 is 0 Å². The molecule has 0 unspecified atom stereocenters. The lowest BCUT2D eigenvalue weighted by Gasteiger charge is -2.09. The number of para-hydroxylation sites is 1. The van der Waals surface area contributed by atoms with Crippen molar-refractivity contribution in [2.45, 2.75) is 19.9 Å². The first-order valence-corrected chi connectivity index (χ1v) is 8.89. The first-order valence-electron chi connectivity index (χ1n) is 8.89. The minimum absolute atomic E-state index is 0.127. The van der Waals surface area contributed by atoms with Gasteiger partial charge in [-0.05, 0) is 36.8 Å². The maximum absolute atomic E-state index is 12.5. The number of hydrogen-bond donors (Lipinski definition) is 2. The minimum Gasteiger partial charge on any atom is -0.326 e. The van der Waals surface area contributed by atoms with Crippen molar-refractivity contribution in [3.63, 3.8) is 0 Å². The fraction of sp³-hybridized carbons (Fsp3) is 0.143. The number of carbonyl (C=O) groups is 1. The van der Waals surface area contributed by atoms with Gasteiger partial charge in [-0.15, -0.1) is 0 Å². The van der Waals surface area contributed by atoms with Crippen LogP contribution < -0.4 is 16.4 Å². The highest BCUT2D eigenvalue weighted by atomic mass is 16.2. The van der Waals surface area contributed by atoms with E-state index in [-0.39, 0.29) is 30.0 Å². The smallest absolute Gasteiger partial charge is 0.261 e. The number of amides is 1. The fourth-order valence-electron chi connectivity index (χ4n) is 3.22. The molecule has 140 valence electrons. The highest BCUT2D eigenvalue weighted by molar-refractivity contribution is 5.94. The number of pyridine rings is 1. The highest BCUT2D eigenvalue weighted by Crippen LogP contribution is 2.19. The molecule has 0 radical (unpaired) electrons. The van der Waals surface area contributed by atoms with E-state index in [0.29, 0.717) is 22.1 Å². The molecule has 0 spiro atoms. The first kappa shape index (κ1) is 17.7. The van der Waals surface area contributed by atoms with E-state index < -0.39 is 0 Å². The van der Waals surface area contributed by atoms with Gasteiger partial charge in [0.15, 0.2) is 0 Å². The number of aromatic nitrogens is 3. The van der Waals surface area contributed by atoms with Gasteiger partial charge in [-0.3, -0.25) is 19.0 Å². The zero-order chi connectivity index (χ0) is 19.7. The van der Waals surface area contributed by atoms with E-state index in [0.717, 1.165) is 10.9 Å². The molecule has 7 nitrogen and oxygen atoms in total. The van der Waals surface area contributed by atoms with Crippen LogP contribution in [0, 0.1) is 6.92 Å². The SMILES string of the molecule is Cc1cc(=O)[nH]c2cc(NC(=O)CCn3cnc4ccccc4c3=O)ccc12. The molecular weight excluding hydrogens is 356 g/mol. The Hall–Kier alpha value is -3.74. The largest absolute Gasteiger partial charge is 0.326 e. The van der Waals surface area contributed by atoms with E-state index in [1.54, 1.807) is 30.3 Å². The molecule has 0 saturated heterocycles. The van der Waals surface area contributed by atoms with Crippen LogP contribution in [0.25, 0.3) is 21.8 Å². The molecule has 0 aliphatic carbocycles. The normalized spacial score (nSPS) is 11.0. The van der Waals surface area contributed by atoms with Crippen LogP contribution in [0.3, 0.4) is 0 Å². The first-order chi connectivity index (χ1) is 13.5. The van der Waals surface area contributed by atoms with Gasteiger partial charge in [0.1, 0.15) is 0 Å². The number of hydrogen-bond acceptors (Lipinski definition) is 4. The van der Waals surface area contributed by atoms with Crippen LogP contribution >= 0.6 is 0 Å². The number of carbonyl (C=O) groups excluding carboxylic acids is 1. The fourth-order valence-corrected chi connectivity index (χ4v) is 3.22. The summed E-state index contributed by atoms with van der Waals surface area (Å²) in [5.74, 6) is -0.227. The number of nitrogens with one attached hydrogen (secondary N) is 2. The molecule has 28 heavy (non-hydrogen) atoms.